The van der Waals surface area contributed by atoms with E-state index < -0.39 is 0 Å². The van der Waals surface area contributed by atoms with E-state index in [2.05, 4.69) is 44.0 Å². The standard InChI is InChI=1S/C16H25NO2/c1-13-4-5-15(14(2)8-13)6-7-17(3)9-16(10-18)11-19-12-16/h4-5,8,18H,6-7,9-12H2,1-3H3. The zero-order valence-electron chi connectivity index (χ0n) is 12.3. The Balaban J connectivity index is 1.84. The first kappa shape index (κ1) is 14.5. The summed E-state index contributed by atoms with van der Waals surface area (Å²) in [5.41, 5.74) is 4.09. The summed E-state index contributed by atoms with van der Waals surface area (Å²) in [6, 6.07) is 6.65. The third kappa shape index (κ3) is 3.56. The Morgan fingerprint density at radius 1 is 1.32 bits per heavy atom. The third-order valence-corrected chi connectivity index (χ3v) is 4.02. The van der Waals surface area contributed by atoms with Crippen LogP contribution in [0, 0.1) is 19.3 Å². The lowest BCUT2D eigenvalue weighted by molar-refractivity contribution is -0.146. The van der Waals surface area contributed by atoms with Crippen molar-refractivity contribution < 1.29 is 9.84 Å². The summed E-state index contributed by atoms with van der Waals surface area (Å²) in [5, 5.41) is 9.44. The summed E-state index contributed by atoms with van der Waals surface area (Å²) in [7, 11) is 2.12. The van der Waals surface area contributed by atoms with Crippen LogP contribution in [0.25, 0.3) is 0 Å². The van der Waals surface area contributed by atoms with Crippen LogP contribution in [0.15, 0.2) is 18.2 Å². The zero-order valence-corrected chi connectivity index (χ0v) is 12.3. The summed E-state index contributed by atoms with van der Waals surface area (Å²) in [4.78, 5) is 2.30. The van der Waals surface area contributed by atoms with Gasteiger partial charge in [0.1, 0.15) is 0 Å². The predicted octanol–water partition coefficient (Wildman–Crippen LogP) is 1.79. The van der Waals surface area contributed by atoms with Crippen molar-refractivity contribution in [3.05, 3.63) is 34.9 Å². The van der Waals surface area contributed by atoms with Gasteiger partial charge in [0.25, 0.3) is 0 Å². The molecule has 1 heterocycles. The largest absolute Gasteiger partial charge is 0.396 e. The summed E-state index contributed by atoms with van der Waals surface area (Å²) in [5.74, 6) is 0. The van der Waals surface area contributed by atoms with Crippen LogP contribution in [0.3, 0.4) is 0 Å². The van der Waals surface area contributed by atoms with Crippen LogP contribution in [0.1, 0.15) is 16.7 Å². The average molecular weight is 263 g/mol. The molecular formula is C16H25NO2. The molecule has 1 aromatic rings. The quantitative estimate of drug-likeness (QED) is 0.849. The third-order valence-electron chi connectivity index (χ3n) is 4.02. The number of aryl methyl sites for hydroxylation is 2. The second-order valence-corrected chi connectivity index (χ2v) is 6.07. The highest BCUT2D eigenvalue weighted by Gasteiger charge is 2.38. The van der Waals surface area contributed by atoms with Gasteiger partial charge < -0.3 is 14.7 Å². The van der Waals surface area contributed by atoms with Crippen molar-refractivity contribution in [2.45, 2.75) is 20.3 Å². The van der Waals surface area contributed by atoms with E-state index >= 15 is 0 Å². The van der Waals surface area contributed by atoms with Crippen molar-refractivity contribution in [3.8, 4) is 0 Å². The van der Waals surface area contributed by atoms with Crippen molar-refractivity contribution in [1.82, 2.24) is 4.90 Å². The van der Waals surface area contributed by atoms with E-state index in [0.29, 0.717) is 13.2 Å². The lowest BCUT2D eigenvalue weighted by atomic mass is 9.86. The molecule has 1 aliphatic heterocycles. The van der Waals surface area contributed by atoms with Crippen LogP contribution < -0.4 is 0 Å². The molecule has 0 unspecified atom stereocenters. The van der Waals surface area contributed by atoms with Gasteiger partial charge >= 0.3 is 0 Å². The molecule has 0 bridgehead atoms. The number of ether oxygens (including phenoxy) is 1. The molecule has 0 aromatic heterocycles. The first-order valence-electron chi connectivity index (χ1n) is 6.98. The van der Waals surface area contributed by atoms with E-state index in [1.807, 2.05) is 0 Å². The monoisotopic (exact) mass is 263 g/mol. The van der Waals surface area contributed by atoms with E-state index in [1.165, 1.54) is 16.7 Å². The van der Waals surface area contributed by atoms with E-state index in [0.717, 1.165) is 19.5 Å². The van der Waals surface area contributed by atoms with Gasteiger partial charge in [-0.3, -0.25) is 0 Å². The molecule has 0 radical (unpaired) electrons. The van der Waals surface area contributed by atoms with Gasteiger partial charge in [0, 0.05) is 13.1 Å². The van der Waals surface area contributed by atoms with Gasteiger partial charge in [-0.2, -0.15) is 0 Å². The van der Waals surface area contributed by atoms with Crippen molar-refractivity contribution >= 4 is 0 Å². The highest BCUT2D eigenvalue weighted by Crippen LogP contribution is 2.27. The predicted molar refractivity (Wildman–Crippen MR) is 77.5 cm³/mol. The van der Waals surface area contributed by atoms with Gasteiger partial charge in [0.15, 0.2) is 0 Å². The van der Waals surface area contributed by atoms with Crippen LogP contribution in [0.4, 0.5) is 0 Å². The summed E-state index contributed by atoms with van der Waals surface area (Å²) in [6.45, 7) is 7.84. The molecule has 3 heteroatoms. The maximum absolute atomic E-state index is 9.44. The lowest BCUT2D eigenvalue weighted by Crippen LogP contribution is -2.52. The molecular weight excluding hydrogens is 238 g/mol. The minimum Gasteiger partial charge on any atom is -0.396 e. The minimum absolute atomic E-state index is 0.0168. The van der Waals surface area contributed by atoms with Gasteiger partial charge in [0.2, 0.25) is 0 Å². The van der Waals surface area contributed by atoms with Gasteiger partial charge in [-0.05, 0) is 38.4 Å². The van der Waals surface area contributed by atoms with Crippen molar-refractivity contribution in [1.29, 1.82) is 0 Å². The van der Waals surface area contributed by atoms with Crippen molar-refractivity contribution in [2.75, 3.05) is 40.0 Å². The molecule has 0 saturated carbocycles. The molecule has 1 N–H and O–H groups in total. The molecule has 0 spiro atoms. The number of benzene rings is 1. The molecule has 2 rings (SSSR count). The summed E-state index contributed by atoms with van der Waals surface area (Å²) < 4.78 is 5.24. The molecule has 1 fully saturated rings. The maximum Gasteiger partial charge on any atom is 0.0579 e. The topological polar surface area (TPSA) is 32.7 Å². The van der Waals surface area contributed by atoms with Crippen LogP contribution in [-0.2, 0) is 11.2 Å². The molecule has 0 aliphatic carbocycles. The van der Waals surface area contributed by atoms with Gasteiger partial charge in [-0.1, -0.05) is 23.8 Å². The SMILES string of the molecule is Cc1ccc(CCN(C)CC2(CO)COC2)c(C)c1. The van der Waals surface area contributed by atoms with Crippen LogP contribution in [-0.4, -0.2) is 50.0 Å². The fourth-order valence-corrected chi connectivity index (χ4v) is 2.71. The van der Waals surface area contributed by atoms with E-state index in [1.54, 1.807) is 0 Å². The highest BCUT2D eigenvalue weighted by molar-refractivity contribution is 5.30. The van der Waals surface area contributed by atoms with Crippen LogP contribution in [0.5, 0.6) is 0 Å². The zero-order chi connectivity index (χ0) is 13.9. The molecule has 0 atom stereocenters. The second-order valence-electron chi connectivity index (χ2n) is 6.07. The Kier molecular flexibility index (Phi) is 4.61. The molecule has 1 aromatic carbocycles. The normalized spacial score (nSPS) is 17.5. The van der Waals surface area contributed by atoms with E-state index in [-0.39, 0.29) is 12.0 Å². The lowest BCUT2D eigenvalue weighted by Gasteiger charge is -2.42. The summed E-state index contributed by atoms with van der Waals surface area (Å²) >= 11 is 0. The van der Waals surface area contributed by atoms with Crippen LogP contribution >= 0.6 is 0 Å². The highest BCUT2D eigenvalue weighted by atomic mass is 16.5. The van der Waals surface area contributed by atoms with Gasteiger partial charge in [0.05, 0.1) is 25.2 Å². The van der Waals surface area contributed by atoms with E-state index in [4.69, 9.17) is 4.74 Å². The number of aliphatic hydroxyl groups excluding tert-OH is 1. The average Bonchev–Trinajstić information content (AvgIpc) is 2.33. The van der Waals surface area contributed by atoms with Gasteiger partial charge in [-0.25, -0.2) is 0 Å². The number of nitrogens with zero attached hydrogens (tertiary/aromatic N) is 1. The number of rotatable bonds is 6. The Morgan fingerprint density at radius 3 is 2.58 bits per heavy atom. The Bertz CT molecular complexity index is 421. The number of aliphatic hydroxyl groups is 1. The Labute approximate surface area is 116 Å². The Hall–Kier alpha value is -0.900. The number of hydrogen-bond acceptors (Lipinski definition) is 3. The van der Waals surface area contributed by atoms with Gasteiger partial charge in [-0.15, -0.1) is 0 Å². The number of hydrogen-bond donors (Lipinski definition) is 1. The van der Waals surface area contributed by atoms with Crippen molar-refractivity contribution in [3.63, 3.8) is 0 Å². The molecule has 3 nitrogen and oxygen atoms in total. The fourth-order valence-electron chi connectivity index (χ4n) is 2.71. The maximum atomic E-state index is 9.44. The second kappa shape index (κ2) is 6.04. The first-order chi connectivity index (χ1) is 9.04. The van der Waals surface area contributed by atoms with E-state index in [9.17, 15) is 5.11 Å². The molecule has 106 valence electrons. The molecule has 19 heavy (non-hydrogen) atoms. The smallest absolute Gasteiger partial charge is 0.0579 e. The Morgan fingerprint density at radius 2 is 2.05 bits per heavy atom. The van der Waals surface area contributed by atoms with Crippen LogP contribution in [0.2, 0.25) is 0 Å². The van der Waals surface area contributed by atoms with Crippen molar-refractivity contribution in [2.24, 2.45) is 5.41 Å². The minimum atomic E-state index is -0.0168. The molecule has 1 saturated heterocycles. The molecule has 0 amide bonds. The number of likely N-dealkylation sites (N-methyl/N-ethyl adjacent to an activating group) is 1. The molecule has 1 aliphatic rings. The first-order valence-corrected chi connectivity index (χ1v) is 6.98. The summed E-state index contributed by atoms with van der Waals surface area (Å²) in [6.07, 6.45) is 1.06. The fraction of sp³-hybridized carbons (Fsp3) is 0.625.